The molecule has 6 rings (SSSR count). The first kappa shape index (κ1) is 27.8. The second kappa shape index (κ2) is 11.9. The average molecular weight is 569 g/mol. The maximum absolute atomic E-state index is 13.9. The first-order valence-electron chi connectivity index (χ1n) is 14.5. The smallest absolute Gasteiger partial charge is 0.250 e. The standard InChI is InChI=1S/C32H36N6O4/c1-36-28-12-8-22(16-26(28)34-35-36)9-13-30(39)29-17-23(15-21-6-10-25(42-2)11-7-21)20-38(29)32(41)27-18-24(19-33-27)37-14-4-3-5-31(37)40/h3-8,10-12,14,16,23-24,27,29,33H,9,13,15,17-20H2,1-2H3/t23-,24-,27-,29+/m1/s1. The van der Waals surface area contributed by atoms with Gasteiger partial charge in [-0.25, -0.2) is 4.68 Å². The number of likely N-dealkylation sites (tertiary alicyclic amines) is 1. The molecule has 2 aromatic carbocycles. The van der Waals surface area contributed by atoms with Gasteiger partial charge in [-0.15, -0.1) is 5.10 Å². The molecule has 1 N–H and O–H groups in total. The third kappa shape index (κ3) is 5.72. The second-order valence-electron chi connectivity index (χ2n) is 11.5. The number of hydrogen-bond acceptors (Lipinski definition) is 7. The summed E-state index contributed by atoms with van der Waals surface area (Å²) in [6, 6.07) is 18.0. The Hall–Kier alpha value is -4.31. The summed E-state index contributed by atoms with van der Waals surface area (Å²) in [7, 11) is 3.50. The minimum Gasteiger partial charge on any atom is -0.497 e. The number of Topliss-reactive ketones (excluding diaryl/α,β-unsaturated/α-hetero) is 1. The molecule has 2 fully saturated rings. The van der Waals surface area contributed by atoms with Crippen molar-refractivity contribution in [2.45, 2.75) is 50.2 Å². The molecule has 0 radical (unpaired) electrons. The van der Waals surface area contributed by atoms with Gasteiger partial charge in [0.05, 0.1) is 30.8 Å². The van der Waals surface area contributed by atoms with Crippen molar-refractivity contribution in [3.63, 3.8) is 0 Å². The van der Waals surface area contributed by atoms with Crippen LogP contribution in [0.15, 0.2) is 71.7 Å². The fourth-order valence-corrected chi connectivity index (χ4v) is 6.45. The number of methoxy groups -OCH3 is 1. The Morgan fingerprint density at radius 2 is 1.86 bits per heavy atom. The van der Waals surface area contributed by atoms with Crippen LogP contribution in [0, 0.1) is 5.92 Å². The van der Waals surface area contributed by atoms with Crippen molar-refractivity contribution in [2.24, 2.45) is 13.0 Å². The number of carbonyl (C=O) groups excluding carboxylic acids is 2. The van der Waals surface area contributed by atoms with Crippen molar-refractivity contribution >= 4 is 22.7 Å². The molecular formula is C32H36N6O4. The summed E-state index contributed by atoms with van der Waals surface area (Å²) in [5.41, 5.74) is 3.85. The van der Waals surface area contributed by atoms with Crippen molar-refractivity contribution in [1.82, 2.24) is 29.8 Å². The lowest BCUT2D eigenvalue weighted by Crippen LogP contribution is -2.48. The van der Waals surface area contributed by atoms with E-state index in [-0.39, 0.29) is 29.2 Å². The zero-order valence-electron chi connectivity index (χ0n) is 24.0. The predicted molar refractivity (Wildman–Crippen MR) is 158 cm³/mol. The summed E-state index contributed by atoms with van der Waals surface area (Å²) < 4.78 is 8.71. The van der Waals surface area contributed by atoms with Crippen molar-refractivity contribution in [1.29, 1.82) is 0 Å². The molecule has 1 amide bonds. The Morgan fingerprint density at radius 1 is 1.05 bits per heavy atom. The van der Waals surface area contributed by atoms with Gasteiger partial charge in [0.15, 0.2) is 5.78 Å². The van der Waals surface area contributed by atoms with E-state index in [1.54, 1.807) is 33.5 Å². The lowest BCUT2D eigenvalue weighted by molar-refractivity contribution is -0.139. The Labute approximate surface area is 244 Å². The van der Waals surface area contributed by atoms with Gasteiger partial charge in [0.1, 0.15) is 11.3 Å². The highest BCUT2D eigenvalue weighted by Crippen LogP contribution is 2.31. The van der Waals surface area contributed by atoms with Crippen LogP contribution in [0.5, 0.6) is 5.75 Å². The number of amides is 1. The van der Waals surface area contributed by atoms with Crippen LogP contribution in [-0.4, -0.2) is 68.4 Å². The van der Waals surface area contributed by atoms with Gasteiger partial charge < -0.3 is 19.5 Å². The van der Waals surface area contributed by atoms with Crippen LogP contribution in [0.4, 0.5) is 0 Å². The molecule has 218 valence electrons. The van der Waals surface area contributed by atoms with Crippen molar-refractivity contribution in [2.75, 3.05) is 20.2 Å². The van der Waals surface area contributed by atoms with Crippen LogP contribution in [0.3, 0.4) is 0 Å². The van der Waals surface area contributed by atoms with Crippen LogP contribution in [0.1, 0.15) is 36.4 Å². The maximum atomic E-state index is 13.9. The molecule has 42 heavy (non-hydrogen) atoms. The van der Waals surface area contributed by atoms with Crippen molar-refractivity contribution in [3.8, 4) is 5.75 Å². The molecule has 4 heterocycles. The van der Waals surface area contributed by atoms with Crippen LogP contribution in [0.25, 0.3) is 11.0 Å². The molecule has 2 aliphatic heterocycles. The van der Waals surface area contributed by atoms with Gasteiger partial charge >= 0.3 is 0 Å². The first-order chi connectivity index (χ1) is 20.4. The van der Waals surface area contributed by atoms with Gasteiger partial charge in [-0.05, 0) is 73.1 Å². The monoisotopic (exact) mass is 568 g/mol. The van der Waals surface area contributed by atoms with E-state index in [9.17, 15) is 14.4 Å². The number of nitrogens with one attached hydrogen (secondary N) is 1. The summed E-state index contributed by atoms with van der Waals surface area (Å²) in [6.45, 7) is 1.06. The van der Waals surface area contributed by atoms with E-state index in [0.717, 1.165) is 34.3 Å². The van der Waals surface area contributed by atoms with Crippen molar-refractivity contribution < 1.29 is 14.3 Å². The highest BCUT2D eigenvalue weighted by atomic mass is 16.5. The number of fused-ring (bicyclic) bond motifs is 1. The lowest BCUT2D eigenvalue weighted by Gasteiger charge is -2.27. The zero-order chi connectivity index (χ0) is 29.2. The molecule has 0 unspecified atom stereocenters. The van der Waals surface area contributed by atoms with Crippen LogP contribution < -0.4 is 15.6 Å². The van der Waals surface area contributed by atoms with E-state index in [0.29, 0.717) is 38.8 Å². The molecule has 0 spiro atoms. The maximum Gasteiger partial charge on any atom is 0.250 e. The topological polar surface area (TPSA) is 111 Å². The van der Waals surface area contributed by atoms with E-state index in [4.69, 9.17) is 4.74 Å². The van der Waals surface area contributed by atoms with Gasteiger partial charge in [-0.2, -0.15) is 0 Å². The van der Waals surface area contributed by atoms with Gasteiger partial charge in [0.25, 0.3) is 5.56 Å². The number of pyridine rings is 1. The number of hydrogen-bond donors (Lipinski definition) is 1. The molecule has 0 aliphatic carbocycles. The minimum atomic E-state index is -0.471. The number of aryl methyl sites for hydroxylation is 2. The van der Waals surface area contributed by atoms with Gasteiger partial charge in [-0.3, -0.25) is 14.4 Å². The molecule has 4 atom stereocenters. The fraction of sp³-hybridized carbons (Fsp3) is 0.406. The summed E-state index contributed by atoms with van der Waals surface area (Å²) in [6.07, 6.45) is 4.62. The lowest BCUT2D eigenvalue weighted by atomic mass is 9.94. The average Bonchev–Trinajstić information content (AvgIpc) is 3.75. The summed E-state index contributed by atoms with van der Waals surface area (Å²) in [5.74, 6) is 0.988. The van der Waals surface area contributed by atoms with Crippen LogP contribution in [0.2, 0.25) is 0 Å². The Bertz CT molecular complexity index is 1640. The number of carbonyl (C=O) groups is 2. The summed E-state index contributed by atoms with van der Waals surface area (Å²) in [4.78, 5) is 41.8. The highest BCUT2D eigenvalue weighted by Gasteiger charge is 2.43. The fourth-order valence-electron chi connectivity index (χ4n) is 6.45. The van der Waals surface area contributed by atoms with E-state index in [1.807, 2.05) is 55.6 Å². The zero-order valence-corrected chi connectivity index (χ0v) is 24.0. The molecule has 10 nitrogen and oxygen atoms in total. The number of aromatic nitrogens is 4. The molecular weight excluding hydrogens is 532 g/mol. The molecule has 10 heteroatoms. The van der Waals surface area contributed by atoms with Gasteiger partial charge in [-0.1, -0.05) is 29.5 Å². The van der Waals surface area contributed by atoms with E-state index >= 15 is 0 Å². The predicted octanol–water partition coefficient (Wildman–Crippen LogP) is 2.70. The second-order valence-corrected chi connectivity index (χ2v) is 11.5. The van der Waals surface area contributed by atoms with Crippen molar-refractivity contribution in [3.05, 3.63) is 88.3 Å². The first-order valence-corrected chi connectivity index (χ1v) is 14.5. The number of ether oxygens (including phenoxy) is 1. The van der Waals surface area contributed by atoms with E-state index < -0.39 is 12.1 Å². The quantitative estimate of drug-likeness (QED) is 0.331. The third-order valence-electron chi connectivity index (χ3n) is 8.71. The van der Waals surface area contributed by atoms with Gasteiger partial charge in [0, 0.05) is 38.8 Å². The Kier molecular flexibility index (Phi) is 7.88. The van der Waals surface area contributed by atoms with E-state index in [2.05, 4.69) is 15.6 Å². The summed E-state index contributed by atoms with van der Waals surface area (Å²) in [5, 5.41) is 11.6. The molecule has 2 saturated heterocycles. The molecule has 0 bridgehead atoms. The Morgan fingerprint density at radius 3 is 2.64 bits per heavy atom. The largest absolute Gasteiger partial charge is 0.497 e. The third-order valence-corrected chi connectivity index (χ3v) is 8.71. The minimum absolute atomic E-state index is 0.0574. The normalized spacial score (nSPS) is 22.1. The SMILES string of the molecule is COc1ccc(C[C@@H]2C[C@@H](C(=O)CCc3ccc4c(c3)nnn4C)N(C(=O)[C@H]3C[C@@H](n4ccccc4=O)CN3)C2)cc1. The highest BCUT2D eigenvalue weighted by molar-refractivity contribution is 5.92. The van der Waals surface area contributed by atoms with E-state index in [1.165, 1.54) is 6.07 Å². The molecule has 0 saturated carbocycles. The van der Waals surface area contributed by atoms with Gasteiger partial charge in [0.2, 0.25) is 5.91 Å². The molecule has 2 aromatic heterocycles. The van der Waals surface area contributed by atoms with Crippen LogP contribution >= 0.6 is 0 Å². The Balaban J connectivity index is 1.17. The number of ketones is 1. The molecule has 4 aromatic rings. The number of benzene rings is 2. The van der Waals surface area contributed by atoms with Crippen LogP contribution in [-0.2, 0) is 29.5 Å². The molecule has 2 aliphatic rings. The summed E-state index contributed by atoms with van der Waals surface area (Å²) >= 11 is 0. The number of nitrogens with zero attached hydrogens (tertiary/aromatic N) is 5. The number of rotatable bonds is 9.